The molecule has 0 saturated heterocycles. The first-order valence-corrected chi connectivity index (χ1v) is 6.83. The van der Waals surface area contributed by atoms with Crippen LogP contribution < -0.4 is 10.6 Å². The maximum absolute atomic E-state index is 12.0. The fourth-order valence-corrected chi connectivity index (χ4v) is 2.30. The molecule has 0 aliphatic rings. The lowest BCUT2D eigenvalue weighted by molar-refractivity contribution is 0.0603. The average Bonchev–Trinajstić information content (AvgIpc) is 3.14. The Kier molecular flexibility index (Phi) is 3.71. The van der Waals surface area contributed by atoms with Crippen molar-refractivity contribution >= 4 is 34.3 Å². The van der Waals surface area contributed by atoms with Crippen LogP contribution in [-0.4, -0.2) is 33.9 Å². The van der Waals surface area contributed by atoms with Crippen molar-refractivity contribution in [1.82, 2.24) is 14.8 Å². The number of nitrogens with one attached hydrogen (secondary N) is 3. The minimum absolute atomic E-state index is 0.378. The van der Waals surface area contributed by atoms with Gasteiger partial charge in [-0.05, 0) is 18.2 Å². The molecular weight excluding hydrogens is 298 g/mol. The number of amides is 2. The van der Waals surface area contributed by atoms with Crippen LogP contribution in [0.3, 0.4) is 0 Å². The first-order chi connectivity index (χ1) is 11.1. The van der Waals surface area contributed by atoms with Crippen molar-refractivity contribution in [2.75, 3.05) is 17.7 Å². The molecule has 1 aromatic carbocycles. The summed E-state index contributed by atoms with van der Waals surface area (Å²) in [5.74, 6) is -0.467. The standard InChI is InChI=1S/C15H15N5O3/c1-20-8-10(7-17-20)19-15(22)18-9-5-12(14(21)23-2)11-3-4-16-13(11)6-9/h3-8,16H,1-2H3,(H2,18,19,22). The fourth-order valence-electron chi connectivity index (χ4n) is 2.30. The number of aromatic amines is 1. The van der Waals surface area contributed by atoms with E-state index in [2.05, 4.69) is 20.7 Å². The predicted octanol–water partition coefficient (Wildman–Crippen LogP) is 2.33. The van der Waals surface area contributed by atoms with E-state index >= 15 is 0 Å². The molecule has 0 saturated carbocycles. The Labute approximate surface area is 131 Å². The Morgan fingerprint density at radius 3 is 2.74 bits per heavy atom. The van der Waals surface area contributed by atoms with Crippen LogP contribution in [-0.2, 0) is 11.8 Å². The van der Waals surface area contributed by atoms with Gasteiger partial charge < -0.3 is 20.4 Å². The maximum Gasteiger partial charge on any atom is 0.338 e. The molecule has 3 aromatic rings. The van der Waals surface area contributed by atoms with Crippen molar-refractivity contribution in [3.63, 3.8) is 0 Å². The fraction of sp³-hybridized carbons (Fsp3) is 0.133. The van der Waals surface area contributed by atoms with Crippen molar-refractivity contribution in [1.29, 1.82) is 0 Å². The Morgan fingerprint density at radius 1 is 1.26 bits per heavy atom. The number of methoxy groups -OCH3 is 1. The van der Waals surface area contributed by atoms with Gasteiger partial charge in [0.05, 0.1) is 24.6 Å². The van der Waals surface area contributed by atoms with E-state index in [1.165, 1.54) is 13.3 Å². The number of aryl methyl sites for hydroxylation is 1. The van der Waals surface area contributed by atoms with E-state index in [9.17, 15) is 9.59 Å². The summed E-state index contributed by atoms with van der Waals surface area (Å²) < 4.78 is 6.36. The molecule has 2 heterocycles. The minimum Gasteiger partial charge on any atom is -0.465 e. The number of carbonyl (C=O) groups excluding carboxylic acids is 2. The van der Waals surface area contributed by atoms with Crippen molar-refractivity contribution in [2.45, 2.75) is 0 Å². The van der Waals surface area contributed by atoms with E-state index in [-0.39, 0.29) is 0 Å². The summed E-state index contributed by atoms with van der Waals surface area (Å²) >= 11 is 0. The molecule has 3 N–H and O–H groups in total. The van der Waals surface area contributed by atoms with Crippen molar-refractivity contribution in [2.24, 2.45) is 7.05 Å². The number of rotatable bonds is 3. The van der Waals surface area contributed by atoms with E-state index in [1.807, 2.05) is 0 Å². The summed E-state index contributed by atoms with van der Waals surface area (Å²) in [6, 6.07) is 4.66. The lowest BCUT2D eigenvalue weighted by Crippen LogP contribution is -2.19. The molecule has 0 radical (unpaired) electrons. The minimum atomic E-state index is -0.467. The summed E-state index contributed by atoms with van der Waals surface area (Å²) in [6.45, 7) is 0. The largest absolute Gasteiger partial charge is 0.465 e. The molecule has 8 heteroatoms. The molecule has 0 spiro atoms. The number of ether oxygens (including phenoxy) is 1. The number of nitrogens with zero attached hydrogens (tertiary/aromatic N) is 2. The molecule has 0 atom stereocenters. The number of hydrogen-bond donors (Lipinski definition) is 3. The molecule has 2 amide bonds. The third-order valence-corrected chi connectivity index (χ3v) is 3.29. The number of benzene rings is 1. The van der Waals surface area contributed by atoms with Crippen LogP contribution in [0.25, 0.3) is 10.9 Å². The van der Waals surface area contributed by atoms with Gasteiger partial charge in [0.2, 0.25) is 0 Å². The molecule has 2 aromatic heterocycles. The lowest BCUT2D eigenvalue weighted by atomic mass is 10.1. The zero-order valence-electron chi connectivity index (χ0n) is 12.6. The van der Waals surface area contributed by atoms with Gasteiger partial charge in [0.15, 0.2) is 0 Å². The van der Waals surface area contributed by atoms with Gasteiger partial charge in [0.25, 0.3) is 0 Å². The van der Waals surface area contributed by atoms with E-state index in [4.69, 9.17) is 4.74 Å². The third kappa shape index (κ3) is 3.00. The van der Waals surface area contributed by atoms with Gasteiger partial charge in [0.1, 0.15) is 0 Å². The summed E-state index contributed by atoms with van der Waals surface area (Å²) in [6.07, 6.45) is 4.93. The number of hydrogen-bond acceptors (Lipinski definition) is 4. The van der Waals surface area contributed by atoms with Crippen LogP contribution in [0.1, 0.15) is 10.4 Å². The highest BCUT2D eigenvalue weighted by atomic mass is 16.5. The average molecular weight is 313 g/mol. The van der Waals surface area contributed by atoms with E-state index in [1.54, 1.807) is 42.3 Å². The topological polar surface area (TPSA) is 101 Å². The quantitative estimate of drug-likeness (QED) is 0.646. The van der Waals surface area contributed by atoms with Gasteiger partial charge in [-0.3, -0.25) is 4.68 Å². The van der Waals surface area contributed by atoms with Crippen molar-refractivity contribution < 1.29 is 14.3 Å². The Morgan fingerprint density at radius 2 is 2.04 bits per heavy atom. The molecule has 0 aliphatic heterocycles. The van der Waals surface area contributed by atoms with Crippen LogP contribution in [0, 0.1) is 0 Å². The van der Waals surface area contributed by atoms with Crippen molar-refractivity contribution in [3.05, 3.63) is 42.4 Å². The van der Waals surface area contributed by atoms with Crippen LogP contribution >= 0.6 is 0 Å². The van der Waals surface area contributed by atoms with E-state index in [0.717, 1.165) is 10.9 Å². The van der Waals surface area contributed by atoms with Gasteiger partial charge in [-0.15, -0.1) is 0 Å². The van der Waals surface area contributed by atoms with E-state index in [0.29, 0.717) is 16.9 Å². The highest BCUT2D eigenvalue weighted by molar-refractivity contribution is 6.07. The van der Waals surface area contributed by atoms with Crippen LogP contribution in [0.2, 0.25) is 0 Å². The zero-order valence-corrected chi connectivity index (χ0v) is 12.6. The smallest absolute Gasteiger partial charge is 0.338 e. The SMILES string of the molecule is COC(=O)c1cc(NC(=O)Nc2cnn(C)c2)cc2[nH]ccc12. The normalized spacial score (nSPS) is 10.5. The van der Waals surface area contributed by atoms with Gasteiger partial charge in [-0.2, -0.15) is 5.10 Å². The van der Waals surface area contributed by atoms with Gasteiger partial charge in [-0.1, -0.05) is 0 Å². The number of fused-ring (bicyclic) bond motifs is 1. The first-order valence-electron chi connectivity index (χ1n) is 6.83. The van der Waals surface area contributed by atoms with Gasteiger partial charge in [-0.25, -0.2) is 9.59 Å². The number of carbonyl (C=O) groups is 2. The molecule has 8 nitrogen and oxygen atoms in total. The molecule has 3 rings (SSSR count). The van der Waals surface area contributed by atoms with Gasteiger partial charge in [0, 0.05) is 36.0 Å². The van der Waals surface area contributed by atoms with Crippen LogP contribution in [0.5, 0.6) is 0 Å². The highest BCUT2D eigenvalue weighted by Crippen LogP contribution is 2.24. The summed E-state index contributed by atoms with van der Waals surface area (Å²) in [5, 5.41) is 10.0. The Bertz CT molecular complexity index is 880. The maximum atomic E-state index is 12.0. The zero-order chi connectivity index (χ0) is 16.4. The molecule has 23 heavy (non-hydrogen) atoms. The number of esters is 1. The molecule has 0 unspecified atom stereocenters. The number of urea groups is 1. The summed E-state index contributed by atoms with van der Waals surface area (Å²) in [4.78, 5) is 26.9. The lowest BCUT2D eigenvalue weighted by Gasteiger charge is -2.09. The van der Waals surface area contributed by atoms with Gasteiger partial charge >= 0.3 is 12.0 Å². The highest BCUT2D eigenvalue weighted by Gasteiger charge is 2.14. The number of aromatic nitrogens is 3. The Hall–Kier alpha value is -3.29. The third-order valence-electron chi connectivity index (χ3n) is 3.29. The molecule has 118 valence electrons. The second kappa shape index (κ2) is 5.84. The van der Waals surface area contributed by atoms with E-state index < -0.39 is 12.0 Å². The first kappa shape index (κ1) is 14.6. The number of anilines is 2. The Balaban J connectivity index is 1.84. The summed E-state index contributed by atoms with van der Waals surface area (Å²) in [7, 11) is 3.07. The van der Waals surface area contributed by atoms with Crippen molar-refractivity contribution in [3.8, 4) is 0 Å². The summed E-state index contributed by atoms with van der Waals surface area (Å²) in [5.41, 5.74) is 2.15. The second-order valence-electron chi connectivity index (χ2n) is 4.94. The number of H-pyrrole nitrogens is 1. The van der Waals surface area contributed by atoms with Crippen LogP contribution in [0.15, 0.2) is 36.8 Å². The molecule has 0 aliphatic carbocycles. The molecule has 0 bridgehead atoms. The van der Waals surface area contributed by atoms with Crippen LogP contribution in [0.4, 0.5) is 16.2 Å². The second-order valence-corrected chi connectivity index (χ2v) is 4.94. The monoisotopic (exact) mass is 313 g/mol. The molecule has 0 fully saturated rings. The predicted molar refractivity (Wildman–Crippen MR) is 85.5 cm³/mol. The molecular formula is C15H15N5O3.